The normalized spacial score (nSPS) is 12.4. The number of aliphatic imine (C=N–C) groups is 1. The van der Waals surface area contributed by atoms with Gasteiger partial charge in [0, 0.05) is 32.2 Å². The van der Waals surface area contributed by atoms with Gasteiger partial charge in [-0.2, -0.15) is 0 Å². The second-order valence-corrected chi connectivity index (χ2v) is 6.72. The lowest BCUT2D eigenvalue weighted by atomic mass is 9.93. The molecular formula is C18H32N4O. The van der Waals surface area contributed by atoms with Crippen LogP contribution in [-0.4, -0.2) is 51.7 Å². The molecule has 0 radical (unpaired) electrons. The predicted molar refractivity (Wildman–Crippen MR) is 98.1 cm³/mol. The molecule has 1 aromatic rings. The largest absolute Gasteiger partial charge is 0.494 e. The fraction of sp³-hybridized carbons (Fsp3) is 0.611. The molecule has 0 saturated heterocycles. The van der Waals surface area contributed by atoms with Crippen LogP contribution in [0.2, 0.25) is 0 Å². The monoisotopic (exact) mass is 320 g/mol. The van der Waals surface area contributed by atoms with Crippen LogP contribution in [0.1, 0.15) is 26.3 Å². The SMILES string of the molecule is CCOc1ccccc1CNC(=NC)NCC(C)(C)CN(C)C. The first kappa shape index (κ1) is 19.3. The fourth-order valence-corrected chi connectivity index (χ4v) is 2.58. The Morgan fingerprint density at radius 3 is 2.52 bits per heavy atom. The molecule has 0 amide bonds. The van der Waals surface area contributed by atoms with E-state index in [-0.39, 0.29) is 5.41 Å². The van der Waals surface area contributed by atoms with Crippen molar-refractivity contribution < 1.29 is 4.74 Å². The number of rotatable bonds is 8. The lowest BCUT2D eigenvalue weighted by molar-refractivity contribution is 0.241. The van der Waals surface area contributed by atoms with Crippen molar-refractivity contribution in [3.8, 4) is 5.75 Å². The second kappa shape index (κ2) is 9.40. The minimum atomic E-state index is 0.171. The van der Waals surface area contributed by atoms with Crippen molar-refractivity contribution in [2.45, 2.75) is 27.3 Å². The topological polar surface area (TPSA) is 48.9 Å². The number of nitrogens with zero attached hydrogens (tertiary/aromatic N) is 2. The highest BCUT2D eigenvalue weighted by molar-refractivity contribution is 5.79. The van der Waals surface area contributed by atoms with Gasteiger partial charge < -0.3 is 20.3 Å². The molecule has 0 fully saturated rings. The quantitative estimate of drug-likeness (QED) is 0.570. The Kier molecular flexibility index (Phi) is 7.89. The highest BCUT2D eigenvalue weighted by Gasteiger charge is 2.19. The maximum Gasteiger partial charge on any atom is 0.191 e. The van der Waals surface area contributed by atoms with Gasteiger partial charge in [-0.1, -0.05) is 32.0 Å². The van der Waals surface area contributed by atoms with Crippen molar-refractivity contribution >= 4 is 5.96 Å². The molecule has 0 spiro atoms. The Hall–Kier alpha value is -1.75. The molecule has 0 unspecified atom stereocenters. The summed E-state index contributed by atoms with van der Waals surface area (Å²) in [6.07, 6.45) is 0. The van der Waals surface area contributed by atoms with E-state index in [1.165, 1.54) is 0 Å². The van der Waals surface area contributed by atoms with Gasteiger partial charge in [-0.05, 0) is 32.5 Å². The van der Waals surface area contributed by atoms with Gasteiger partial charge in [-0.25, -0.2) is 0 Å². The fourth-order valence-electron chi connectivity index (χ4n) is 2.58. The number of nitrogens with one attached hydrogen (secondary N) is 2. The van der Waals surface area contributed by atoms with E-state index in [4.69, 9.17) is 4.74 Å². The van der Waals surface area contributed by atoms with Crippen molar-refractivity contribution in [1.29, 1.82) is 0 Å². The molecule has 0 atom stereocenters. The predicted octanol–water partition coefficient (Wildman–Crippen LogP) is 2.34. The summed E-state index contributed by atoms with van der Waals surface area (Å²) in [6.45, 7) is 9.72. The summed E-state index contributed by atoms with van der Waals surface area (Å²) < 4.78 is 5.66. The number of benzene rings is 1. The van der Waals surface area contributed by atoms with Gasteiger partial charge in [-0.3, -0.25) is 4.99 Å². The smallest absolute Gasteiger partial charge is 0.191 e. The third-order valence-electron chi connectivity index (χ3n) is 3.42. The van der Waals surface area contributed by atoms with Crippen LogP contribution in [-0.2, 0) is 6.54 Å². The molecule has 0 saturated carbocycles. The molecule has 0 aliphatic carbocycles. The Bertz CT molecular complexity index is 498. The van der Waals surface area contributed by atoms with E-state index >= 15 is 0 Å². The Morgan fingerprint density at radius 2 is 1.91 bits per heavy atom. The Balaban J connectivity index is 2.55. The molecule has 0 aliphatic rings. The van der Waals surface area contributed by atoms with Gasteiger partial charge in [0.25, 0.3) is 0 Å². The number of hydrogen-bond donors (Lipinski definition) is 2. The van der Waals surface area contributed by atoms with E-state index in [1.54, 1.807) is 7.05 Å². The first-order chi connectivity index (χ1) is 10.9. The number of para-hydroxylation sites is 1. The standard InChI is InChI=1S/C18H32N4O/c1-7-23-16-11-9-8-10-15(16)12-20-17(19-4)21-13-18(2,3)14-22(5)6/h8-11H,7,12-14H2,1-6H3,(H2,19,20,21). The minimum absolute atomic E-state index is 0.171. The zero-order chi connectivity index (χ0) is 17.3. The van der Waals surface area contributed by atoms with Crippen LogP contribution in [0.5, 0.6) is 5.75 Å². The van der Waals surface area contributed by atoms with Crippen LogP contribution in [0.4, 0.5) is 0 Å². The van der Waals surface area contributed by atoms with Crippen molar-refractivity contribution in [3.05, 3.63) is 29.8 Å². The maximum atomic E-state index is 5.66. The summed E-state index contributed by atoms with van der Waals surface area (Å²) in [5.41, 5.74) is 1.30. The van der Waals surface area contributed by atoms with Crippen molar-refractivity contribution in [3.63, 3.8) is 0 Å². The molecule has 0 bridgehead atoms. The second-order valence-electron chi connectivity index (χ2n) is 6.72. The molecular weight excluding hydrogens is 288 g/mol. The van der Waals surface area contributed by atoms with Crippen LogP contribution in [0.15, 0.2) is 29.3 Å². The van der Waals surface area contributed by atoms with Gasteiger partial charge in [0.05, 0.1) is 6.61 Å². The van der Waals surface area contributed by atoms with Crippen LogP contribution < -0.4 is 15.4 Å². The van der Waals surface area contributed by atoms with Gasteiger partial charge in [0.2, 0.25) is 0 Å². The van der Waals surface area contributed by atoms with E-state index in [1.807, 2.05) is 25.1 Å². The Morgan fingerprint density at radius 1 is 1.22 bits per heavy atom. The molecule has 0 aliphatic heterocycles. The molecule has 130 valence electrons. The Labute approximate surface area is 141 Å². The van der Waals surface area contributed by atoms with Crippen LogP contribution >= 0.6 is 0 Å². The average molecular weight is 320 g/mol. The lowest BCUT2D eigenvalue weighted by Crippen LogP contribution is -2.44. The summed E-state index contributed by atoms with van der Waals surface area (Å²) in [5, 5.41) is 6.76. The van der Waals surface area contributed by atoms with Crippen molar-refractivity contribution in [1.82, 2.24) is 15.5 Å². The summed E-state index contributed by atoms with van der Waals surface area (Å²) in [7, 11) is 5.99. The van der Waals surface area contributed by atoms with Gasteiger partial charge >= 0.3 is 0 Å². The summed E-state index contributed by atoms with van der Waals surface area (Å²) in [4.78, 5) is 6.51. The van der Waals surface area contributed by atoms with E-state index in [0.717, 1.165) is 30.4 Å². The third-order valence-corrected chi connectivity index (χ3v) is 3.42. The highest BCUT2D eigenvalue weighted by atomic mass is 16.5. The summed E-state index contributed by atoms with van der Waals surface area (Å²) in [6, 6.07) is 8.08. The van der Waals surface area contributed by atoms with Gasteiger partial charge in [0.15, 0.2) is 5.96 Å². The first-order valence-corrected chi connectivity index (χ1v) is 8.18. The molecule has 1 aromatic carbocycles. The van der Waals surface area contributed by atoms with Crippen molar-refractivity contribution in [2.75, 3.05) is 40.8 Å². The van der Waals surface area contributed by atoms with E-state index < -0.39 is 0 Å². The van der Waals surface area contributed by atoms with Crippen molar-refractivity contribution in [2.24, 2.45) is 10.4 Å². The number of guanidine groups is 1. The zero-order valence-corrected chi connectivity index (χ0v) is 15.4. The average Bonchev–Trinajstić information content (AvgIpc) is 2.48. The third kappa shape index (κ3) is 7.37. The molecule has 5 heteroatoms. The zero-order valence-electron chi connectivity index (χ0n) is 15.4. The molecule has 23 heavy (non-hydrogen) atoms. The van der Waals surface area contributed by atoms with Crippen LogP contribution in [0.25, 0.3) is 0 Å². The van der Waals surface area contributed by atoms with Crippen LogP contribution in [0, 0.1) is 5.41 Å². The lowest BCUT2D eigenvalue weighted by Gasteiger charge is -2.29. The molecule has 0 aromatic heterocycles. The van der Waals surface area contributed by atoms with E-state index in [0.29, 0.717) is 13.2 Å². The first-order valence-electron chi connectivity index (χ1n) is 8.18. The molecule has 1 rings (SSSR count). The summed E-state index contributed by atoms with van der Waals surface area (Å²) in [5.74, 6) is 1.73. The minimum Gasteiger partial charge on any atom is -0.494 e. The molecule has 5 nitrogen and oxygen atoms in total. The highest BCUT2D eigenvalue weighted by Crippen LogP contribution is 2.17. The van der Waals surface area contributed by atoms with Gasteiger partial charge in [0.1, 0.15) is 5.75 Å². The molecule has 0 heterocycles. The maximum absolute atomic E-state index is 5.66. The van der Waals surface area contributed by atoms with E-state index in [2.05, 4.69) is 54.5 Å². The molecule has 2 N–H and O–H groups in total. The summed E-state index contributed by atoms with van der Waals surface area (Å²) >= 11 is 0. The van der Waals surface area contributed by atoms with Crippen LogP contribution in [0.3, 0.4) is 0 Å². The van der Waals surface area contributed by atoms with E-state index in [9.17, 15) is 0 Å². The number of ether oxygens (including phenoxy) is 1. The van der Waals surface area contributed by atoms with Gasteiger partial charge in [-0.15, -0.1) is 0 Å². The number of hydrogen-bond acceptors (Lipinski definition) is 3.